The van der Waals surface area contributed by atoms with Gasteiger partial charge in [0.15, 0.2) is 17.4 Å². The van der Waals surface area contributed by atoms with Crippen LogP contribution in [0.4, 0.5) is 8.78 Å². The lowest BCUT2D eigenvalue weighted by Gasteiger charge is -2.15. The second-order valence-corrected chi connectivity index (χ2v) is 6.52. The van der Waals surface area contributed by atoms with Crippen molar-refractivity contribution in [1.29, 1.82) is 0 Å². The van der Waals surface area contributed by atoms with Crippen LogP contribution < -0.4 is 0 Å². The van der Waals surface area contributed by atoms with Crippen LogP contribution >= 0.6 is 22.9 Å². The van der Waals surface area contributed by atoms with Crippen LogP contribution in [0.1, 0.15) is 21.7 Å². The first-order valence-electron chi connectivity index (χ1n) is 6.37. The van der Waals surface area contributed by atoms with E-state index in [1.807, 2.05) is 24.1 Å². The molecule has 0 radical (unpaired) electrons. The van der Waals surface area contributed by atoms with Gasteiger partial charge in [0.2, 0.25) is 0 Å². The largest absolute Gasteiger partial charge is 0.301 e. The fraction of sp³-hybridized carbons (Fsp3) is 0.267. The SMILES string of the molecule is CN(CCC(=O)c1cccc(F)c1F)Cc1ccc(Cl)s1. The first kappa shape index (κ1) is 16.1. The minimum absolute atomic E-state index is 0.135. The quantitative estimate of drug-likeness (QED) is 0.733. The lowest BCUT2D eigenvalue weighted by Crippen LogP contribution is -2.21. The average molecular weight is 330 g/mol. The van der Waals surface area contributed by atoms with E-state index in [1.165, 1.54) is 23.5 Å². The Morgan fingerprint density at radius 3 is 2.71 bits per heavy atom. The summed E-state index contributed by atoms with van der Waals surface area (Å²) in [6.07, 6.45) is 0.135. The molecule has 0 aliphatic carbocycles. The summed E-state index contributed by atoms with van der Waals surface area (Å²) in [4.78, 5) is 15.0. The van der Waals surface area contributed by atoms with Crippen LogP contribution in [0.5, 0.6) is 0 Å². The molecule has 0 spiro atoms. The van der Waals surface area contributed by atoms with Gasteiger partial charge in [-0.25, -0.2) is 8.78 Å². The van der Waals surface area contributed by atoms with E-state index in [2.05, 4.69) is 0 Å². The molecule has 0 saturated carbocycles. The first-order chi connectivity index (χ1) is 9.97. The second-order valence-electron chi connectivity index (χ2n) is 4.72. The van der Waals surface area contributed by atoms with Crippen LogP contribution in [-0.2, 0) is 6.54 Å². The zero-order valence-electron chi connectivity index (χ0n) is 11.4. The summed E-state index contributed by atoms with van der Waals surface area (Å²) in [5.74, 6) is -2.47. The number of thiophene rings is 1. The van der Waals surface area contributed by atoms with Gasteiger partial charge in [-0.2, -0.15) is 0 Å². The van der Waals surface area contributed by atoms with E-state index in [-0.39, 0.29) is 12.0 Å². The van der Waals surface area contributed by atoms with E-state index in [9.17, 15) is 13.6 Å². The molecule has 2 aromatic rings. The molecule has 1 aromatic carbocycles. The van der Waals surface area contributed by atoms with E-state index in [1.54, 1.807) is 0 Å². The summed E-state index contributed by atoms with van der Waals surface area (Å²) in [7, 11) is 1.86. The Hall–Kier alpha value is -1.30. The molecule has 0 aliphatic rings. The Morgan fingerprint density at radius 2 is 2.05 bits per heavy atom. The third-order valence-corrected chi connectivity index (χ3v) is 4.24. The number of rotatable bonds is 6. The van der Waals surface area contributed by atoms with Gasteiger partial charge >= 0.3 is 0 Å². The molecule has 1 heterocycles. The predicted octanol–water partition coefficient (Wildman–Crippen LogP) is 4.38. The number of carbonyl (C=O) groups is 1. The molecule has 0 fully saturated rings. The molecule has 0 bridgehead atoms. The molecule has 0 N–H and O–H groups in total. The summed E-state index contributed by atoms with van der Waals surface area (Å²) in [6.45, 7) is 1.13. The highest BCUT2D eigenvalue weighted by atomic mass is 35.5. The van der Waals surface area contributed by atoms with Gasteiger partial charge in [-0.3, -0.25) is 4.79 Å². The summed E-state index contributed by atoms with van der Waals surface area (Å²) in [5, 5.41) is 0. The molecular weight excluding hydrogens is 316 g/mol. The normalized spacial score (nSPS) is 11.1. The van der Waals surface area contributed by atoms with E-state index in [0.29, 0.717) is 13.1 Å². The number of nitrogens with zero attached hydrogens (tertiary/aromatic N) is 1. The maximum absolute atomic E-state index is 13.5. The van der Waals surface area contributed by atoms with Crippen molar-refractivity contribution in [2.75, 3.05) is 13.6 Å². The van der Waals surface area contributed by atoms with Gasteiger partial charge in [0.25, 0.3) is 0 Å². The van der Waals surface area contributed by atoms with Gasteiger partial charge in [-0.1, -0.05) is 17.7 Å². The Kier molecular flexibility index (Phi) is 5.45. The van der Waals surface area contributed by atoms with Crippen molar-refractivity contribution in [3.63, 3.8) is 0 Å². The van der Waals surface area contributed by atoms with Crippen LogP contribution in [0.25, 0.3) is 0 Å². The van der Waals surface area contributed by atoms with Crippen molar-refractivity contribution in [1.82, 2.24) is 4.90 Å². The number of halogens is 3. The summed E-state index contributed by atoms with van der Waals surface area (Å²) >= 11 is 7.33. The molecule has 1 aromatic heterocycles. The number of ketones is 1. The third kappa shape index (κ3) is 4.33. The van der Waals surface area contributed by atoms with Crippen molar-refractivity contribution in [2.45, 2.75) is 13.0 Å². The Morgan fingerprint density at radius 1 is 1.29 bits per heavy atom. The highest BCUT2D eigenvalue weighted by Gasteiger charge is 2.15. The van der Waals surface area contributed by atoms with Crippen molar-refractivity contribution < 1.29 is 13.6 Å². The number of carbonyl (C=O) groups excluding carboxylic acids is 1. The zero-order chi connectivity index (χ0) is 15.4. The van der Waals surface area contributed by atoms with E-state index in [0.717, 1.165) is 15.3 Å². The summed E-state index contributed by atoms with van der Waals surface area (Å²) in [6, 6.07) is 7.39. The standard InChI is InChI=1S/C15H14ClF2NOS/c1-19(9-10-5-6-14(16)21-10)8-7-13(20)11-3-2-4-12(17)15(11)18/h2-6H,7-9H2,1H3. The average Bonchev–Trinajstić information content (AvgIpc) is 2.84. The molecule has 112 valence electrons. The molecule has 6 heteroatoms. The fourth-order valence-electron chi connectivity index (χ4n) is 1.93. The summed E-state index contributed by atoms with van der Waals surface area (Å²) in [5.41, 5.74) is -0.192. The molecule has 0 amide bonds. The molecule has 0 atom stereocenters. The maximum atomic E-state index is 13.5. The highest BCUT2D eigenvalue weighted by Crippen LogP contribution is 2.22. The van der Waals surface area contributed by atoms with E-state index >= 15 is 0 Å². The van der Waals surface area contributed by atoms with Crippen LogP contribution in [0, 0.1) is 11.6 Å². The topological polar surface area (TPSA) is 20.3 Å². The van der Waals surface area contributed by atoms with Gasteiger partial charge in [-0.15, -0.1) is 11.3 Å². The number of hydrogen-bond donors (Lipinski definition) is 0. The monoisotopic (exact) mass is 329 g/mol. The van der Waals surface area contributed by atoms with Crippen LogP contribution in [0.15, 0.2) is 30.3 Å². The summed E-state index contributed by atoms with van der Waals surface area (Å²) < 4.78 is 27.3. The number of hydrogen-bond acceptors (Lipinski definition) is 3. The fourth-order valence-corrected chi connectivity index (χ4v) is 3.10. The minimum Gasteiger partial charge on any atom is -0.301 e. The van der Waals surface area contributed by atoms with Crippen LogP contribution in [-0.4, -0.2) is 24.3 Å². The predicted molar refractivity (Wildman–Crippen MR) is 81.0 cm³/mol. The van der Waals surface area contributed by atoms with Crippen molar-refractivity contribution in [3.05, 3.63) is 56.7 Å². The van der Waals surface area contributed by atoms with Crippen molar-refractivity contribution in [3.8, 4) is 0 Å². The zero-order valence-corrected chi connectivity index (χ0v) is 13.0. The number of benzene rings is 1. The first-order valence-corrected chi connectivity index (χ1v) is 7.57. The van der Waals surface area contributed by atoms with Gasteiger partial charge in [-0.05, 0) is 31.3 Å². The van der Waals surface area contributed by atoms with Crippen molar-refractivity contribution in [2.24, 2.45) is 0 Å². The Balaban J connectivity index is 1.90. The van der Waals surface area contributed by atoms with Gasteiger partial charge in [0.05, 0.1) is 9.90 Å². The smallest absolute Gasteiger partial charge is 0.169 e. The van der Waals surface area contributed by atoms with Gasteiger partial charge in [0.1, 0.15) is 0 Å². The lowest BCUT2D eigenvalue weighted by atomic mass is 10.1. The molecule has 0 saturated heterocycles. The second kappa shape index (κ2) is 7.11. The molecule has 21 heavy (non-hydrogen) atoms. The Bertz CT molecular complexity index is 644. The molecule has 0 unspecified atom stereocenters. The minimum atomic E-state index is -1.07. The van der Waals surface area contributed by atoms with Crippen LogP contribution in [0.2, 0.25) is 4.34 Å². The van der Waals surface area contributed by atoms with Gasteiger partial charge < -0.3 is 4.90 Å². The molecule has 0 aliphatic heterocycles. The van der Waals surface area contributed by atoms with Gasteiger partial charge in [0, 0.05) is 24.4 Å². The lowest BCUT2D eigenvalue weighted by molar-refractivity contribution is 0.0963. The maximum Gasteiger partial charge on any atom is 0.169 e. The highest BCUT2D eigenvalue weighted by molar-refractivity contribution is 7.16. The number of Topliss-reactive ketones (excluding diaryl/α,β-unsaturated/α-hetero) is 1. The molecule has 2 rings (SSSR count). The molecular formula is C15H14ClF2NOS. The van der Waals surface area contributed by atoms with Crippen molar-refractivity contribution >= 4 is 28.7 Å². The molecule has 2 nitrogen and oxygen atoms in total. The van der Waals surface area contributed by atoms with Crippen LogP contribution in [0.3, 0.4) is 0 Å². The van der Waals surface area contributed by atoms with E-state index in [4.69, 9.17) is 11.6 Å². The Labute approximate surface area is 131 Å². The van der Waals surface area contributed by atoms with E-state index < -0.39 is 17.4 Å². The third-order valence-electron chi connectivity index (χ3n) is 3.03.